The summed E-state index contributed by atoms with van der Waals surface area (Å²) in [5.41, 5.74) is 5.05. The maximum atomic E-state index is 4.83. The van der Waals surface area contributed by atoms with E-state index in [1.54, 1.807) is 0 Å². The maximum Gasteiger partial charge on any atom is 0.114 e. The van der Waals surface area contributed by atoms with Crippen LogP contribution in [-0.4, -0.2) is 9.55 Å². The van der Waals surface area contributed by atoms with Crippen molar-refractivity contribution < 1.29 is 0 Å². The van der Waals surface area contributed by atoms with Gasteiger partial charge in [0.1, 0.15) is 5.82 Å². The number of imidazole rings is 1. The SMILES string of the molecule is CCCn1c(Cc2ccccc2C)nc2ccccc21. The molecule has 0 aliphatic heterocycles. The number of para-hydroxylation sites is 2. The van der Waals surface area contributed by atoms with Gasteiger partial charge < -0.3 is 4.57 Å². The van der Waals surface area contributed by atoms with E-state index in [1.807, 2.05) is 0 Å². The molecule has 2 heteroatoms. The lowest BCUT2D eigenvalue weighted by Gasteiger charge is -2.09. The van der Waals surface area contributed by atoms with E-state index in [2.05, 4.69) is 66.9 Å². The van der Waals surface area contributed by atoms with E-state index in [9.17, 15) is 0 Å². The van der Waals surface area contributed by atoms with Gasteiger partial charge in [0.25, 0.3) is 0 Å². The molecule has 3 aromatic rings. The standard InChI is InChI=1S/C18H20N2/c1-3-12-20-17-11-7-6-10-16(17)19-18(20)13-15-9-5-4-8-14(15)2/h4-11H,3,12-13H2,1-2H3. The molecule has 0 radical (unpaired) electrons. The molecule has 2 nitrogen and oxygen atoms in total. The first-order valence-corrected chi connectivity index (χ1v) is 7.28. The molecule has 0 aliphatic rings. The predicted octanol–water partition coefficient (Wildman–Crippen LogP) is 4.35. The Bertz CT molecular complexity index is 725. The van der Waals surface area contributed by atoms with Gasteiger partial charge in [-0.05, 0) is 36.6 Å². The second kappa shape index (κ2) is 5.49. The van der Waals surface area contributed by atoms with Crippen molar-refractivity contribution in [3.05, 3.63) is 65.5 Å². The Labute approximate surface area is 120 Å². The minimum atomic E-state index is 0.904. The predicted molar refractivity (Wildman–Crippen MR) is 84.0 cm³/mol. The summed E-state index contributed by atoms with van der Waals surface area (Å²) in [6.07, 6.45) is 2.03. The lowest BCUT2D eigenvalue weighted by atomic mass is 10.1. The number of aromatic nitrogens is 2. The van der Waals surface area contributed by atoms with Gasteiger partial charge in [0.2, 0.25) is 0 Å². The highest BCUT2D eigenvalue weighted by molar-refractivity contribution is 5.76. The van der Waals surface area contributed by atoms with Crippen LogP contribution in [0.3, 0.4) is 0 Å². The van der Waals surface area contributed by atoms with Crippen molar-refractivity contribution >= 4 is 11.0 Å². The summed E-state index contributed by atoms with van der Waals surface area (Å²) in [4.78, 5) is 4.83. The zero-order valence-corrected chi connectivity index (χ0v) is 12.1. The summed E-state index contributed by atoms with van der Waals surface area (Å²) in [5, 5.41) is 0. The Morgan fingerprint density at radius 2 is 1.75 bits per heavy atom. The largest absolute Gasteiger partial charge is 0.328 e. The molecule has 0 saturated heterocycles. The minimum absolute atomic E-state index is 0.904. The smallest absolute Gasteiger partial charge is 0.114 e. The molecule has 0 bridgehead atoms. The van der Waals surface area contributed by atoms with Crippen LogP contribution in [-0.2, 0) is 13.0 Å². The van der Waals surface area contributed by atoms with Crippen molar-refractivity contribution in [1.29, 1.82) is 0 Å². The van der Waals surface area contributed by atoms with E-state index in [4.69, 9.17) is 4.98 Å². The molecule has 0 N–H and O–H groups in total. The number of nitrogens with zero attached hydrogens (tertiary/aromatic N) is 2. The highest BCUT2D eigenvalue weighted by Gasteiger charge is 2.11. The summed E-state index contributed by atoms with van der Waals surface area (Å²) in [6.45, 7) is 5.41. The Hall–Kier alpha value is -2.09. The van der Waals surface area contributed by atoms with Crippen molar-refractivity contribution in [2.24, 2.45) is 0 Å². The van der Waals surface area contributed by atoms with E-state index in [0.717, 1.165) is 24.9 Å². The molecule has 0 aliphatic carbocycles. The van der Waals surface area contributed by atoms with Crippen molar-refractivity contribution in [3.8, 4) is 0 Å². The average Bonchev–Trinajstić information content (AvgIpc) is 2.80. The molecule has 1 aromatic heterocycles. The third-order valence-electron chi connectivity index (χ3n) is 3.79. The third-order valence-corrected chi connectivity index (χ3v) is 3.79. The van der Waals surface area contributed by atoms with E-state index >= 15 is 0 Å². The fraction of sp³-hybridized carbons (Fsp3) is 0.278. The quantitative estimate of drug-likeness (QED) is 0.685. The highest BCUT2D eigenvalue weighted by Crippen LogP contribution is 2.20. The normalized spacial score (nSPS) is 11.1. The molecule has 1 heterocycles. The van der Waals surface area contributed by atoms with Crippen LogP contribution < -0.4 is 0 Å². The summed E-state index contributed by atoms with van der Waals surface area (Å²) in [5.74, 6) is 1.17. The Kier molecular flexibility index (Phi) is 3.55. The highest BCUT2D eigenvalue weighted by atomic mass is 15.1. The third kappa shape index (κ3) is 2.34. The van der Waals surface area contributed by atoms with Crippen LogP contribution in [0, 0.1) is 6.92 Å². The number of rotatable bonds is 4. The van der Waals surface area contributed by atoms with Gasteiger partial charge in [-0.25, -0.2) is 4.98 Å². The number of aryl methyl sites for hydroxylation is 2. The van der Waals surface area contributed by atoms with E-state index < -0.39 is 0 Å². The minimum Gasteiger partial charge on any atom is -0.328 e. The molecule has 2 aromatic carbocycles. The van der Waals surface area contributed by atoms with Gasteiger partial charge in [-0.15, -0.1) is 0 Å². The van der Waals surface area contributed by atoms with Gasteiger partial charge in [0, 0.05) is 13.0 Å². The summed E-state index contributed by atoms with van der Waals surface area (Å²) >= 11 is 0. The zero-order valence-electron chi connectivity index (χ0n) is 12.1. The Balaban J connectivity index is 2.06. The van der Waals surface area contributed by atoms with Gasteiger partial charge in [-0.1, -0.05) is 43.3 Å². The topological polar surface area (TPSA) is 17.8 Å². The van der Waals surface area contributed by atoms with E-state index in [1.165, 1.54) is 22.5 Å². The zero-order chi connectivity index (χ0) is 13.9. The summed E-state index contributed by atoms with van der Waals surface area (Å²) in [6, 6.07) is 17.0. The van der Waals surface area contributed by atoms with Gasteiger partial charge in [0.15, 0.2) is 0 Å². The molecule has 0 spiro atoms. The van der Waals surface area contributed by atoms with Crippen LogP contribution in [0.15, 0.2) is 48.5 Å². The van der Waals surface area contributed by atoms with Crippen molar-refractivity contribution in [3.63, 3.8) is 0 Å². The molecule has 0 amide bonds. The van der Waals surface area contributed by atoms with Gasteiger partial charge >= 0.3 is 0 Å². The molecule has 20 heavy (non-hydrogen) atoms. The van der Waals surface area contributed by atoms with Crippen LogP contribution in [0.25, 0.3) is 11.0 Å². The molecule has 102 valence electrons. The lowest BCUT2D eigenvalue weighted by Crippen LogP contribution is -2.05. The lowest BCUT2D eigenvalue weighted by molar-refractivity contribution is 0.664. The molecule has 0 saturated carbocycles. The Morgan fingerprint density at radius 1 is 1.00 bits per heavy atom. The van der Waals surface area contributed by atoms with Crippen molar-refractivity contribution in [2.45, 2.75) is 33.2 Å². The monoisotopic (exact) mass is 264 g/mol. The molecule has 3 rings (SSSR count). The summed E-state index contributed by atoms with van der Waals surface area (Å²) in [7, 11) is 0. The second-order valence-corrected chi connectivity index (χ2v) is 5.27. The Morgan fingerprint density at radius 3 is 2.55 bits per heavy atom. The van der Waals surface area contributed by atoms with Crippen LogP contribution in [0.5, 0.6) is 0 Å². The number of benzene rings is 2. The van der Waals surface area contributed by atoms with Gasteiger partial charge in [-0.2, -0.15) is 0 Å². The molecule has 0 unspecified atom stereocenters. The van der Waals surface area contributed by atoms with Crippen molar-refractivity contribution in [2.75, 3.05) is 0 Å². The first-order valence-electron chi connectivity index (χ1n) is 7.28. The van der Waals surface area contributed by atoms with Crippen molar-refractivity contribution in [1.82, 2.24) is 9.55 Å². The van der Waals surface area contributed by atoms with Crippen LogP contribution in [0.4, 0.5) is 0 Å². The molecular weight excluding hydrogens is 244 g/mol. The fourth-order valence-corrected chi connectivity index (χ4v) is 2.71. The summed E-state index contributed by atoms with van der Waals surface area (Å²) < 4.78 is 2.36. The first-order chi connectivity index (χ1) is 9.79. The first kappa shape index (κ1) is 12.9. The van der Waals surface area contributed by atoms with Crippen LogP contribution >= 0.6 is 0 Å². The van der Waals surface area contributed by atoms with Gasteiger partial charge in [-0.3, -0.25) is 0 Å². The maximum absolute atomic E-state index is 4.83. The van der Waals surface area contributed by atoms with Crippen LogP contribution in [0.1, 0.15) is 30.3 Å². The van der Waals surface area contributed by atoms with E-state index in [0.29, 0.717) is 0 Å². The number of hydrogen-bond acceptors (Lipinski definition) is 1. The fourth-order valence-electron chi connectivity index (χ4n) is 2.71. The van der Waals surface area contributed by atoms with Gasteiger partial charge in [0.05, 0.1) is 11.0 Å². The second-order valence-electron chi connectivity index (χ2n) is 5.27. The average molecular weight is 264 g/mol. The van der Waals surface area contributed by atoms with E-state index in [-0.39, 0.29) is 0 Å². The molecule has 0 atom stereocenters. The molecule has 0 fully saturated rings. The molecular formula is C18H20N2. The van der Waals surface area contributed by atoms with Crippen LogP contribution in [0.2, 0.25) is 0 Å². The number of hydrogen-bond donors (Lipinski definition) is 0. The number of fused-ring (bicyclic) bond motifs is 1.